The standard InChI is InChI=1S/C11H17N3O4S/c1-2-7-5-12-9(19-7)6-13-11(18)14-8(3-4-15)10(16)17/h5,8,15H,2-4,6H2,1H3,(H,16,17)(H2,13,14,18)/t8-/m1/s1. The van der Waals surface area contributed by atoms with Crippen molar-refractivity contribution >= 4 is 23.3 Å². The molecule has 0 radical (unpaired) electrons. The van der Waals surface area contributed by atoms with Crippen LogP contribution in [0.5, 0.6) is 0 Å². The van der Waals surface area contributed by atoms with Crippen LogP contribution in [0.1, 0.15) is 23.2 Å². The number of carbonyl (C=O) groups is 2. The fourth-order valence-electron chi connectivity index (χ4n) is 1.34. The topological polar surface area (TPSA) is 112 Å². The highest BCUT2D eigenvalue weighted by molar-refractivity contribution is 7.11. The van der Waals surface area contributed by atoms with Gasteiger partial charge in [0.05, 0.1) is 6.54 Å². The zero-order chi connectivity index (χ0) is 14.3. The number of aliphatic carboxylic acids is 1. The number of aliphatic hydroxyl groups excluding tert-OH is 1. The highest BCUT2D eigenvalue weighted by Gasteiger charge is 2.18. The van der Waals surface area contributed by atoms with E-state index in [1.165, 1.54) is 11.3 Å². The molecule has 2 amide bonds. The molecule has 0 fully saturated rings. The van der Waals surface area contributed by atoms with Gasteiger partial charge in [-0.05, 0) is 6.42 Å². The van der Waals surface area contributed by atoms with Crippen LogP contribution in [0.4, 0.5) is 4.79 Å². The van der Waals surface area contributed by atoms with Crippen LogP contribution in [0, 0.1) is 0 Å². The van der Waals surface area contributed by atoms with Crippen LogP contribution in [0.2, 0.25) is 0 Å². The van der Waals surface area contributed by atoms with E-state index in [0.717, 1.165) is 16.3 Å². The SMILES string of the molecule is CCc1cnc(CNC(=O)N[C@H](CCO)C(=O)O)s1. The Hall–Kier alpha value is -1.67. The van der Waals surface area contributed by atoms with Crippen LogP contribution >= 0.6 is 11.3 Å². The summed E-state index contributed by atoms with van der Waals surface area (Å²) in [6.07, 6.45) is 2.62. The monoisotopic (exact) mass is 287 g/mol. The molecule has 0 unspecified atom stereocenters. The quantitative estimate of drug-likeness (QED) is 0.578. The van der Waals surface area contributed by atoms with E-state index in [1.54, 1.807) is 6.20 Å². The second kappa shape index (κ2) is 7.70. The van der Waals surface area contributed by atoms with Crippen molar-refractivity contribution in [2.75, 3.05) is 6.61 Å². The minimum Gasteiger partial charge on any atom is -0.480 e. The third kappa shape index (κ3) is 5.23. The van der Waals surface area contributed by atoms with Crippen molar-refractivity contribution in [3.8, 4) is 0 Å². The molecule has 0 aliphatic carbocycles. The van der Waals surface area contributed by atoms with Crippen molar-refractivity contribution in [3.63, 3.8) is 0 Å². The van der Waals surface area contributed by atoms with Gasteiger partial charge in [0.25, 0.3) is 0 Å². The summed E-state index contributed by atoms with van der Waals surface area (Å²) in [6.45, 7) is 1.97. The number of aliphatic hydroxyl groups is 1. The van der Waals surface area contributed by atoms with E-state index in [2.05, 4.69) is 15.6 Å². The Bertz CT molecular complexity index is 435. The molecule has 19 heavy (non-hydrogen) atoms. The van der Waals surface area contributed by atoms with Gasteiger partial charge in [0.2, 0.25) is 0 Å². The second-order valence-electron chi connectivity index (χ2n) is 3.80. The molecule has 1 atom stereocenters. The Morgan fingerprint density at radius 1 is 1.53 bits per heavy atom. The highest BCUT2D eigenvalue weighted by atomic mass is 32.1. The van der Waals surface area contributed by atoms with E-state index >= 15 is 0 Å². The molecular weight excluding hydrogens is 270 g/mol. The number of carboxylic acids is 1. The first-order chi connectivity index (χ1) is 9.06. The van der Waals surface area contributed by atoms with Crippen LogP contribution in [-0.2, 0) is 17.8 Å². The number of rotatable bonds is 7. The smallest absolute Gasteiger partial charge is 0.326 e. The molecule has 8 heteroatoms. The number of urea groups is 1. The summed E-state index contributed by atoms with van der Waals surface area (Å²) >= 11 is 1.50. The molecule has 0 aliphatic rings. The lowest BCUT2D eigenvalue weighted by atomic mass is 10.2. The third-order valence-corrected chi connectivity index (χ3v) is 3.51. The minimum atomic E-state index is -1.17. The third-order valence-electron chi connectivity index (χ3n) is 2.37. The van der Waals surface area contributed by atoms with E-state index in [1.807, 2.05) is 6.92 Å². The average Bonchev–Trinajstić information content (AvgIpc) is 2.83. The molecule has 1 aromatic heterocycles. The van der Waals surface area contributed by atoms with E-state index in [4.69, 9.17) is 10.2 Å². The number of carboxylic acid groups (broad SMARTS) is 1. The number of hydrogen-bond acceptors (Lipinski definition) is 5. The molecule has 0 saturated carbocycles. The number of carbonyl (C=O) groups excluding carboxylic acids is 1. The normalized spacial score (nSPS) is 11.9. The number of thiazole rings is 1. The highest BCUT2D eigenvalue weighted by Crippen LogP contribution is 2.12. The maximum absolute atomic E-state index is 11.5. The van der Waals surface area contributed by atoms with Gasteiger partial charge in [-0.3, -0.25) is 0 Å². The van der Waals surface area contributed by atoms with Crippen LogP contribution in [-0.4, -0.2) is 39.8 Å². The van der Waals surface area contributed by atoms with E-state index < -0.39 is 18.0 Å². The summed E-state index contributed by atoms with van der Waals surface area (Å²) in [7, 11) is 0. The summed E-state index contributed by atoms with van der Waals surface area (Å²) in [4.78, 5) is 27.5. The van der Waals surface area contributed by atoms with Gasteiger partial charge in [-0.2, -0.15) is 0 Å². The zero-order valence-electron chi connectivity index (χ0n) is 10.5. The lowest BCUT2D eigenvalue weighted by Gasteiger charge is -2.13. The van der Waals surface area contributed by atoms with Crippen LogP contribution in [0.25, 0.3) is 0 Å². The summed E-state index contributed by atoms with van der Waals surface area (Å²) in [5.74, 6) is -1.17. The Morgan fingerprint density at radius 2 is 2.26 bits per heavy atom. The van der Waals surface area contributed by atoms with Crippen molar-refractivity contribution in [2.24, 2.45) is 0 Å². The molecule has 0 aliphatic heterocycles. The first kappa shape index (κ1) is 15.4. The van der Waals surface area contributed by atoms with Gasteiger partial charge in [0.15, 0.2) is 0 Å². The van der Waals surface area contributed by atoms with Crippen molar-refractivity contribution in [1.82, 2.24) is 15.6 Å². The summed E-state index contributed by atoms with van der Waals surface area (Å²) in [5, 5.41) is 23.1. The van der Waals surface area contributed by atoms with Gasteiger partial charge >= 0.3 is 12.0 Å². The van der Waals surface area contributed by atoms with Gasteiger partial charge in [-0.15, -0.1) is 11.3 Å². The predicted molar refractivity (Wildman–Crippen MR) is 70.0 cm³/mol. The maximum Gasteiger partial charge on any atom is 0.326 e. The second-order valence-corrected chi connectivity index (χ2v) is 5.00. The lowest BCUT2D eigenvalue weighted by molar-refractivity contribution is -0.139. The predicted octanol–water partition coefficient (Wildman–Crippen LogP) is 0.340. The molecule has 0 spiro atoms. The molecule has 1 heterocycles. The Labute approximate surface area is 114 Å². The average molecular weight is 287 g/mol. The minimum absolute atomic E-state index is 0.0278. The number of nitrogens with one attached hydrogen (secondary N) is 2. The number of aryl methyl sites for hydroxylation is 1. The summed E-state index contributed by atoms with van der Waals surface area (Å²) in [6, 6.07) is -1.68. The fourth-order valence-corrected chi connectivity index (χ4v) is 2.15. The fraction of sp³-hybridized carbons (Fsp3) is 0.545. The Balaban J connectivity index is 2.40. The molecule has 4 N–H and O–H groups in total. The van der Waals surface area contributed by atoms with Gasteiger partial charge in [-0.1, -0.05) is 6.92 Å². The largest absolute Gasteiger partial charge is 0.480 e. The number of nitrogens with zero attached hydrogens (tertiary/aromatic N) is 1. The van der Waals surface area contributed by atoms with E-state index in [-0.39, 0.29) is 19.6 Å². The molecule has 0 bridgehead atoms. The van der Waals surface area contributed by atoms with Gasteiger partial charge in [0.1, 0.15) is 11.0 Å². The molecule has 1 aromatic rings. The van der Waals surface area contributed by atoms with E-state index in [9.17, 15) is 9.59 Å². The molecule has 1 rings (SSSR count). The van der Waals surface area contributed by atoms with Gasteiger partial charge in [-0.25, -0.2) is 14.6 Å². The molecule has 0 aromatic carbocycles. The van der Waals surface area contributed by atoms with Crippen molar-refractivity contribution in [3.05, 3.63) is 16.1 Å². The van der Waals surface area contributed by atoms with Crippen LogP contribution in [0.3, 0.4) is 0 Å². The van der Waals surface area contributed by atoms with Gasteiger partial charge < -0.3 is 20.8 Å². The van der Waals surface area contributed by atoms with Crippen molar-refractivity contribution < 1.29 is 19.8 Å². The number of amides is 2. The summed E-state index contributed by atoms with van der Waals surface area (Å²) < 4.78 is 0. The molecule has 106 valence electrons. The molecule has 7 nitrogen and oxygen atoms in total. The Morgan fingerprint density at radius 3 is 2.79 bits per heavy atom. The lowest BCUT2D eigenvalue weighted by Crippen LogP contribution is -2.46. The van der Waals surface area contributed by atoms with Crippen molar-refractivity contribution in [1.29, 1.82) is 0 Å². The zero-order valence-corrected chi connectivity index (χ0v) is 11.4. The van der Waals surface area contributed by atoms with Crippen LogP contribution in [0.15, 0.2) is 6.20 Å². The number of aromatic nitrogens is 1. The molecular formula is C11H17N3O4S. The first-order valence-electron chi connectivity index (χ1n) is 5.88. The van der Waals surface area contributed by atoms with Crippen LogP contribution < -0.4 is 10.6 Å². The van der Waals surface area contributed by atoms with Gasteiger partial charge in [0, 0.05) is 24.1 Å². The summed E-state index contributed by atoms with van der Waals surface area (Å²) in [5.41, 5.74) is 0. The maximum atomic E-state index is 11.5. The number of hydrogen-bond donors (Lipinski definition) is 4. The van der Waals surface area contributed by atoms with E-state index in [0.29, 0.717) is 0 Å². The Kier molecular flexibility index (Phi) is 6.23. The van der Waals surface area contributed by atoms with Crippen molar-refractivity contribution in [2.45, 2.75) is 32.4 Å². The molecule has 0 saturated heterocycles. The first-order valence-corrected chi connectivity index (χ1v) is 6.70.